The number of benzene rings is 1. The first kappa shape index (κ1) is 21.3. The van der Waals surface area contributed by atoms with Crippen molar-refractivity contribution in [2.75, 3.05) is 25.2 Å². The number of carbonyl (C=O) groups is 2. The van der Waals surface area contributed by atoms with Crippen LogP contribution in [0.25, 0.3) is 11.0 Å². The first-order valence-electron chi connectivity index (χ1n) is 9.49. The van der Waals surface area contributed by atoms with Crippen LogP contribution < -0.4 is 0 Å². The van der Waals surface area contributed by atoms with Crippen LogP contribution in [0.2, 0.25) is 0 Å². The van der Waals surface area contributed by atoms with Crippen molar-refractivity contribution in [1.82, 2.24) is 4.90 Å². The molecule has 0 radical (unpaired) electrons. The highest BCUT2D eigenvalue weighted by molar-refractivity contribution is 7.91. The fraction of sp³-hybridized carbons (Fsp3) is 0.500. The summed E-state index contributed by atoms with van der Waals surface area (Å²) in [6.07, 6.45) is -0.697. The molecule has 0 unspecified atom stereocenters. The van der Waals surface area contributed by atoms with Gasteiger partial charge in [0.1, 0.15) is 5.58 Å². The highest BCUT2D eigenvalue weighted by Crippen LogP contribution is 2.28. The molecule has 2 aromatic rings. The maximum atomic E-state index is 12.7. The standard InChI is InChI=1S/C20H25NO7S/c1-4-26-11-16-15-7-5-6-8-17(15)28-18(16)20(23)27-13(2)19(22)21(3)14-9-10-29(24,25)12-14/h5-8,13-14H,4,9-12H2,1-3H3/t13-,14+/m1/s1. The second kappa shape index (κ2) is 8.54. The Kier molecular flexibility index (Phi) is 6.28. The van der Waals surface area contributed by atoms with Gasteiger partial charge in [-0.2, -0.15) is 0 Å². The van der Waals surface area contributed by atoms with E-state index in [9.17, 15) is 18.0 Å². The molecule has 2 heterocycles. The van der Waals surface area contributed by atoms with Crippen molar-refractivity contribution in [2.24, 2.45) is 0 Å². The third kappa shape index (κ3) is 4.62. The van der Waals surface area contributed by atoms with Gasteiger partial charge in [0.2, 0.25) is 5.76 Å². The van der Waals surface area contributed by atoms with Crippen LogP contribution in [0.15, 0.2) is 28.7 Å². The molecular formula is C20H25NO7S. The Morgan fingerprint density at radius 2 is 2.03 bits per heavy atom. The van der Waals surface area contributed by atoms with E-state index in [1.165, 1.54) is 18.9 Å². The van der Waals surface area contributed by atoms with Gasteiger partial charge in [-0.3, -0.25) is 4.79 Å². The highest BCUT2D eigenvalue weighted by atomic mass is 32.2. The lowest BCUT2D eigenvalue weighted by Crippen LogP contribution is -2.44. The topological polar surface area (TPSA) is 103 Å². The van der Waals surface area contributed by atoms with Gasteiger partial charge in [0.05, 0.1) is 18.1 Å². The Labute approximate surface area is 169 Å². The van der Waals surface area contributed by atoms with Crippen molar-refractivity contribution >= 4 is 32.7 Å². The van der Waals surface area contributed by atoms with Gasteiger partial charge in [-0.1, -0.05) is 18.2 Å². The maximum absolute atomic E-state index is 12.7. The molecule has 2 atom stereocenters. The first-order chi connectivity index (χ1) is 13.7. The van der Waals surface area contributed by atoms with Crippen molar-refractivity contribution in [3.05, 3.63) is 35.6 Å². The molecule has 0 bridgehead atoms. The molecule has 158 valence electrons. The number of hydrogen-bond acceptors (Lipinski definition) is 7. The minimum Gasteiger partial charge on any atom is -0.449 e. The molecule has 29 heavy (non-hydrogen) atoms. The van der Waals surface area contributed by atoms with E-state index in [0.29, 0.717) is 24.2 Å². The lowest BCUT2D eigenvalue weighted by atomic mass is 10.1. The van der Waals surface area contributed by atoms with Crippen molar-refractivity contribution in [3.63, 3.8) is 0 Å². The van der Waals surface area contributed by atoms with E-state index in [1.807, 2.05) is 19.1 Å². The number of esters is 1. The minimum atomic E-state index is -3.13. The van der Waals surface area contributed by atoms with E-state index in [0.717, 1.165) is 5.39 Å². The van der Waals surface area contributed by atoms with Crippen molar-refractivity contribution < 1.29 is 31.9 Å². The number of rotatable bonds is 7. The number of ether oxygens (including phenoxy) is 2. The van der Waals surface area contributed by atoms with Gasteiger partial charge in [-0.15, -0.1) is 0 Å². The molecule has 9 heteroatoms. The number of amides is 1. The molecule has 0 N–H and O–H groups in total. The minimum absolute atomic E-state index is 0.00500. The number of nitrogens with zero attached hydrogens (tertiary/aromatic N) is 1. The largest absolute Gasteiger partial charge is 0.449 e. The quantitative estimate of drug-likeness (QED) is 0.629. The molecule has 8 nitrogen and oxygen atoms in total. The van der Waals surface area contributed by atoms with Gasteiger partial charge in [0, 0.05) is 30.6 Å². The van der Waals surface area contributed by atoms with E-state index >= 15 is 0 Å². The zero-order chi connectivity index (χ0) is 21.2. The summed E-state index contributed by atoms with van der Waals surface area (Å²) in [5.41, 5.74) is 1.10. The van der Waals surface area contributed by atoms with Crippen LogP contribution in [0.5, 0.6) is 0 Å². The summed E-state index contributed by atoms with van der Waals surface area (Å²) in [7, 11) is -1.60. The summed E-state index contributed by atoms with van der Waals surface area (Å²) in [6.45, 7) is 3.96. The summed E-state index contributed by atoms with van der Waals surface area (Å²) in [6, 6.07) is 6.78. The highest BCUT2D eigenvalue weighted by Gasteiger charge is 2.35. The van der Waals surface area contributed by atoms with Crippen LogP contribution >= 0.6 is 0 Å². The molecule has 1 saturated heterocycles. The summed E-state index contributed by atoms with van der Waals surface area (Å²) in [4.78, 5) is 26.7. The molecule has 0 saturated carbocycles. The van der Waals surface area contributed by atoms with E-state index in [-0.39, 0.29) is 23.9 Å². The number of carbonyl (C=O) groups excluding carboxylic acids is 2. The van der Waals surface area contributed by atoms with Crippen LogP contribution in [0, 0.1) is 0 Å². The maximum Gasteiger partial charge on any atom is 0.375 e. The predicted octanol–water partition coefficient (Wildman–Crippen LogP) is 2.16. The summed E-state index contributed by atoms with van der Waals surface area (Å²) >= 11 is 0. The van der Waals surface area contributed by atoms with Crippen LogP contribution in [-0.4, -0.2) is 62.5 Å². The molecule has 3 rings (SSSR count). The van der Waals surface area contributed by atoms with E-state index in [4.69, 9.17) is 13.9 Å². The molecule has 1 aromatic carbocycles. The molecule has 1 aliphatic heterocycles. The average molecular weight is 423 g/mol. The SMILES string of the molecule is CCOCc1c(C(=O)O[C@H](C)C(=O)N(C)[C@H]2CCS(=O)(=O)C2)oc2ccccc12. The second-order valence-corrected chi connectivity index (χ2v) is 9.33. The van der Waals surface area contributed by atoms with Crippen LogP contribution in [-0.2, 0) is 30.7 Å². The summed E-state index contributed by atoms with van der Waals surface area (Å²) in [5.74, 6) is -1.22. The second-order valence-electron chi connectivity index (χ2n) is 7.10. The Morgan fingerprint density at radius 1 is 1.31 bits per heavy atom. The Bertz CT molecular complexity index is 1010. The van der Waals surface area contributed by atoms with Gasteiger partial charge >= 0.3 is 5.97 Å². The smallest absolute Gasteiger partial charge is 0.375 e. The fourth-order valence-electron chi connectivity index (χ4n) is 3.42. The van der Waals surface area contributed by atoms with Crippen LogP contribution in [0.3, 0.4) is 0 Å². The monoisotopic (exact) mass is 423 g/mol. The van der Waals surface area contributed by atoms with E-state index in [1.54, 1.807) is 12.1 Å². The number of likely N-dealkylation sites (N-methyl/N-ethyl adjacent to an activating group) is 1. The van der Waals surface area contributed by atoms with Crippen molar-refractivity contribution in [2.45, 2.75) is 39.0 Å². The zero-order valence-electron chi connectivity index (χ0n) is 16.7. The molecular weight excluding hydrogens is 398 g/mol. The number of furan rings is 1. The summed E-state index contributed by atoms with van der Waals surface area (Å²) < 4.78 is 39.8. The van der Waals surface area contributed by atoms with Gasteiger partial charge in [0.25, 0.3) is 5.91 Å². The number of sulfone groups is 1. The molecule has 1 amide bonds. The lowest BCUT2D eigenvalue weighted by Gasteiger charge is -2.26. The normalized spacial score (nSPS) is 19.2. The fourth-order valence-corrected chi connectivity index (χ4v) is 5.20. The Morgan fingerprint density at radius 3 is 2.69 bits per heavy atom. The predicted molar refractivity (Wildman–Crippen MR) is 106 cm³/mol. The van der Waals surface area contributed by atoms with Gasteiger partial charge in [0.15, 0.2) is 15.9 Å². The number of hydrogen-bond donors (Lipinski definition) is 0. The zero-order valence-corrected chi connectivity index (χ0v) is 17.5. The molecule has 0 spiro atoms. The van der Waals surface area contributed by atoms with E-state index in [2.05, 4.69) is 0 Å². The van der Waals surface area contributed by atoms with Gasteiger partial charge in [-0.05, 0) is 26.3 Å². The van der Waals surface area contributed by atoms with Crippen molar-refractivity contribution in [3.8, 4) is 0 Å². The number of para-hydroxylation sites is 1. The van der Waals surface area contributed by atoms with Crippen LogP contribution in [0.1, 0.15) is 36.4 Å². The molecule has 0 aliphatic carbocycles. The third-order valence-corrected chi connectivity index (χ3v) is 6.82. The molecule has 1 fully saturated rings. The number of fused-ring (bicyclic) bond motifs is 1. The molecule has 1 aliphatic rings. The van der Waals surface area contributed by atoms with Gasteiger partial charge < -0.3 is 18.8 Å². The van der Waals surface area contributed by atoms with Crippen molar-refractivity contribution in [1.29, 1.82) is 0 Å². The Hall–Kier alpha value is -2.39. The molecule has 1 aromatic heterocycles. The first-order valence-corrected chi connectivity index (χ1v) is 11.3. The van der Waals surface area contributed by atoms with Crippen LogP contribution in [0.4, 0.5) is 0 Å². The summed E-state index contributed by atoms with van der Waals surface area (Å²) in [5, 5.41) is 0.750. The van der Waals surface area contributed by atoms with E-state index < -0.39 is 33.9 Å². The average Bonchev–Trinajstić information content (AvgIpc) is 3.25. The Balaban J connectivity index is 1.74. The lowest BCUT2D eigenvalue weighted by molar-refractivity contribution is -0.140. The third-order valence-electron chi connectivity index (χ3n) is 5.07. The van der Waals surface area contributed by atoms with Gasteiger partial charge in [-0.25, -0.2) is 13.2 Å².